The lowest BCUT2D eigenvalue weighted by Crippen LogP contribution is -2.45. The van der Waals surface area contributed by atoms with Gasteiger partial charge in [0.1, 0.15) is 27.3 Å². The third kappa shape index (κ3) is 3.03. The average molecular weight is 428 g/mol. The van der Waals surface area contributed by atoms with Crippen LogP contribution in [0.4, 0.5) is 8.78 Å². The maximum Gasteiger partial charge on any atom is 0.255 e. The van der Waals surface area contributed by atoms with Crippen molar-refractivity contribution in [3.63, 3.8) is 0 Å². The van der Waals surface area contributed by atoms with Crippen molar-refractivity contribution in [3.8, 4) is 11.1 Å². The second-order valence-electron chi connectivity index (χ2n) is 8.82. The first-order chi connectivity index (χ1) is 15.2. The van der Waals surface area contributed by atoms with Crippen LogP contribution < -0.4 is 0 Å². The van der Waals surface area contributed by atoms with Crippen LogP contribution >= 0.6 is 0 Å². The van der Waals surface area contributed by atoms with Gasteiger partial charge in [0, 0.05) is 35.7 Å². The van der Waals surface area contributed by atoms with Crippen LogP contribution in [0.2, 0.25) is 0 Å². The molecule has 0 bridgehead atoms. The second kappa shape index (κ2) is 7.02. The maximum atomic E-state index is 15.2. The Morgan fingerprint density at radius 2 is 1.81 bits per heavy atom. The monoisotopic (exact) mass is 428 g/mol. The Labute approximate surface area is 185 Å². The molecule has 4 aromatic rings. The standard InChI is InChI=1S/C23H20B2F2N4O/c1-12-6-15(16-10-30(2)29-20(16)7-12)13-8-18(26)17(19(27)9-13)11-31-22(32)14-4-3-5-28-21(14)23(31,24)25/h3-10H,11,24-25H2,1-2H3. The van der Waals surface area contributed by atoms with E-state index in [1.165, 1.54) is 17.0 Å². The number of hydrogen-bond acceptors (Lipinski definition) is 3. The van der Waals surface area contributed by atoms with Gasteiger partial charge < -0.3 is 4.90 Å². The zero-order chi connectivity index (χ0) is 22.8. The predicted octanol–water partition coefficient (Wildman–Crippen LogP) is 2.25. The molecule has 1 aliphatic heterocycles. The normalized spacial score (nSPS) is 14.9. The maximum absolute atomic E-state index is 15.2. The summed E-state index contributed by atoms with van der Waals surface area (Å²) in [5, 5.41) is 4.46. The van der Waals surface area contributed by atoms with E-state index in [1.807, 2.05) is 48.0 Å². The Hall–Kier alpha value is -3.48. The highest BCUT2D eigenvalue weighted by Gasteiger charge is 2.44. The van der Waals surface area contributed by atoms with Crippen LogP contribution in [0.5, 0.6) is 0 Å². The first-order valence-electron chi connectivity index (χ1n) is 10.4. The third-order valence-corrected chi connectivity index (χ3v) is 6.19. The summed E-state index contributed by atoms with van der Waals surface area (Å²) in [4.78, 5) is 18.8. The fourth-order valence-electron chi connectivity index (χ4n) is 4.55. The number of aryl methyl sites for hydroxylation is 2. The van der Waals surface area contributed by atoms with E-state index in [4.69, 9.17) is 0 Å². The molecule has 0 radical (unpaired) electrons. The zero-order valence-electron chi connectivity index (χ0n) is 18.3. The number of carbonyl (C=O) groups is 1. The van der Waals surface area contributed by atoms with Crippen LogP contribution in [-0.2, 0) is 18.9 Å². The van der Waals surface area contributed by atoms with Gasteiger partial charge in [-0.1, -0.05) is 6.07 Å². The first kappa shape index (κ1) is 20.4. The van der Waals surface area contributed by atoms with E-state index >= 15 is 8.78 Å². The van der Waals surface area contributed by atoms with Crippen molar-refractivity contribution in [1.82, 2.24) is 19.7 Å². The summed E-state index contributed by atoms with van der Waals surface area (Å²) in [6.07, 6.45) is 3.46. The largest absolute Gasteiger partial charge is 0.339 e. The SMILES string of the molecule is BC1(B)c2ncccc2C(=O)N1Cc1c(F)cc(-c2cc(C)cc3nn(C)cc23)cc1F. The number of amides is 1. The first-order valence-corrected chi connectivity index (χ1v) is 10.4. The number of aromatic nitrogens is 3. The number of pyridine rings is 1. The highest BCUT2D eigenvalue weighted by Crippen LogP contribution is 2.36. The number of benzene rings is 2. The fourth-order valence-corrected chi connectivity index (χ4v) is 4.55. The summed E-state index contributed by atoms with van der Waals surface area (Å²) >= 11 is 0. The van der Waals surface area contributed by atoms with Crippen LogP contribution in [0.3, 0.4) is 0 Å². The van der Waals surface area contributed by atoms with E-state index in [0.29, 0.717) is 22.4 Å². The highest BCUT2D eigenvalue weighted by molar-refractivity contribution is 6.42. The Kier molecular flexibility index (Phi) is 4.48. The molecule has 1 amide bonds. The molecule has 0 saturated carbocycles. The Morgan fingerprint density at radius 1 is 1.09 bits per heavy atom. The van der Waals surface area contributed by atoms with Gasteiger partial charge >= 0.3 is 0 Å². The minimum Gasteiger partial charge on any atom is -0.339 e. The zero-order valence-corrected chi connectivity index (χ0v) is 18.3. The molecule has 0 unspecified atom stereocenters. The van der Waals surface area contributed by atoms with Crippen molar-refractivity contribution in [2.75, 3.05) is 0 Å². The van der Waals surface area contributed by atoms with Crippen LogP contribution in [-0.4, -0.2) is 41.3 Å². The van der Waals surface area contributed by atoms with E-state index < -0.39 is 17.0 Å². The van der Waals surface area contributed by atoms with Crippen LogP contribution in [0, 0.1) is 18.6 Å². The van der Waals surface area contributed by atoms with E-state index in [-0.39, 0.29) is 18.0 Å². The van der Waals surface area contributed by atoms with Gasteiger partial charge in [0.2, 0.25) is 0 Å². The molecule has 9 heteroatoms. The summed E-state index contributed by atoms with van der Waals surface area (Å²) in [5.41, 5.74) is 3.80. The minimum absolute atomic E-state index is 0.141. The number of hydrogen-bond donors (Lipinski definition) is 0. The summed E-state index contributed by atoms with van der Waals surface area (Å²) in [6.45, 7) is 1.74. The van der Waals surface area contributed by atoms with Gasteiger partial charge in [-0.2, -0.15) is 5.10 Å². The number of nitrogens with zero attached hydrogens (tertiary/aromatic N) is 4. The molecule has 0 N–H and O–H groups in total. The number of rotatable bonds is 3. The minimum atomic E-state index is -0.774. The summed E-state index contributed by atoms with van der Waals surface area (Å²) in [5.74, 6) is -1.66. The lowest BCUT2D eigenvalue weighted by atomic mass is 9.59. The Bertz CT molecular complexity index is 1390. The van der Waals surface area contributed by atoms with Crippen molar-refractivity contribution < 1.29 is 13.6 Å². The molecule has 0 aliphatic carbocycles. The van der Waals surface area contributed by atoms with Gasteiger partial charge in [0.15, 0.2) is 0 Å². The second-order valence-corrected chi connectivity index (χ2v) is 8.82. The van der Waals surface area contributed by atoms with Crippen molar-refractivity contribution in [2.45, 2.75) is 18.8 Å². The van der Waals surface area contributed by atoms with Crippen molar-refractivity contribution >= 4 is 32.5 Å². The van der Waals surface area contributed by atoms with Gasteiger partial charge in [0.05, 0.1) is 23.3 Å². The van der Waals surface area contributed by atoms with Crippen molar-refractivity contribution in [1.29, 1.82) is 0 Å². The van der Waals surface area contributed by atoms with E-state index in [2.05, 4.69) is 10.1 Å². The quantitative estimate of drug-likeness (QED) is 0.471. The number of fused-ring (bicyclic) bond motifs is 2. The summed E-state index contributed by atoms with van der Waals surface area (Å²) in [7, 11) is 5.48. The highest BCUT2D eigenvalue weighted by atomic mass is 19.1. The van der Waals surface area contributed by atoms with Crippen LogP contribution in [0.15, 0.2) is 48.8 Å². The Morgan fingerprint density at radius 3 is 2.50 bits per heavy atom. The van der Waals surface area contributed by atoms with Gasteiger partial charge in [-0.3, -0.25) is 14.5 Å². The molecule has 2 aromatic carbocycles. The predicted molar refractivity (Wildman–Crippen MR) is 124 cm³/mol. The summed E-state index contributed by atoms with van der Waals surface area (Å²) in [6, 6.07) is 9.88. The third-order valence-electron chi connectivity index (χ3n) is 6.19. The fraction of sp³-hybridized carbons (Fsp3) is 0.174. The molecule has 2 aromatic heterocycles. The van der Waals surface area contributed by atoms with E-state index in [0.717, 1.165) is 16.5 Å². The molecule has 5 nitrogen and oxygen atoms in total. The van der Waals surface area contributed by atoms with Gasteiger partial charge in [-0.05, 0) is 53.9 Å². The van der Waals surface area contributed by atoms with Gasteiger partial charge in [-0.15, -0.1) is 0 Å². The summed E-state index contributed by atoms with van der Waals surface area (Å²) < 4.78 is 32.2. The van der Waals surface area contributed by atoms with E-state index in [9.17, 15) is 4.79 Å². The van der Waals surface area contributed by atoms with Gasteiger partial charge in [-0.25, -0.2) is 8.78 Å². The van der Waals surface area contributed by atoms with Crippen LogP contribution in [0.25, 0.3) is 22.0 Å². The molecule has 1 aliphatic rings. The van der Waals surface area contributed by atoms with Gasteiger partial charge in [0.25, 0.3) is 5.91 Å². The molecule has 5 rings (SSSR count). The molecule has 0 fully saturated rings. The van der Waals surface area contributed by atoms with Crippen LogP contribution in [0.1, 0.15) is 27.2 Å². The average Bonchev–Trinajstić information content (AvgIpc) is 3.19. The molecular formula is C23H20B2F2N4O. The molecule has 0 atom stereocenters. The molecule has 0 saturated heterocycles. The number of halogens is 2. The molecule has 3 heterocycles. The lowest BCUT2D eigenvalue weighted by Gasteiger charge is -2.32. The number of carbonyl (C=O) groups excluding carboxylic acids is 1. The molecule has 158 valence electrons. The topological polar surface area (TPSA) is 51.0 Å². The van der Waals surface area contributed by atoms with Crippen molar-refractivity contribution in [2.24, 2.45) is 7.05 Å². The molecular weight excluding hydrogens is 408 g/mol. The van der Waals surface area contributed by atoms with Crippen molar-refractivity contribution in [3.05, 3.63) is 82.8 Å². The lowest BCUT2D eigenvalue weighted by molar-refractivity contribution is 0.0727. The molecule has 32 heavy (non-hydrogen) atoms. The van der Waals surface area contributed by atoms with E-state index in [1.54, 1.807) is 23.0 Å². The Balaban J connectivity index is 1.56. The molecule has 0 spiro atoms. The smallest absolute Gasteiger partial charge is 0.255 e.